The molecular weight excluding hydrogens is 140 g/mol. The number of aromatic nitrogens is 2. The molecule has 1 aromatic rings. The number of fused-ring (bicyclic) bond motifs is 1. The fraction of sp³-hybridized carbons (Fsp3) is 0.429. The van der Waals surface area contributed by atoms with Gasteiger partial charge in [-0.05, 0) is 13.8 Å². The molecule has 0 spiro atoms. The molecule has 0 saturated heterocycles. The molecule has 2 heterocycles. The van der Waals surface area contributed by atoms with Crippen molar-refractivity contribution in [3.63, 3.8) is 0 Å². The van der Waals surface area contributed by atoms with E-state index in [1.165, 1.54) is 0 Å². The Labute approximate surface area is 65.1 Å². The summed E-state index contributed by atoms with van der Waals surface area (Å²) < 4.78 is 0. The monoisotopic (exact) mass is 150 g/mol. The minimum Gasteiger partial charge on any atom is -0.361 e. The largest absolute Gasteiger partial charge is 0.361 e. The Morgan fingerprint density at radius 2 is 2.27 bits per heavy atom. The molecule has 0 aliphatic carbocycles. The Morgan fingerprint density at radius 1 is 1.45 bits per heavy atom. The summed E-state index contributed by atoms with van der Waals surface area (Å²) in [5.41, 5.74) is 0.989. The maximum atomic E-state index is 4.22. The molecular formula is C7H10N4. The molecule has 1 aliphatic heterocycles. The van der Waals surface area contributed by atoms with E-state index in [2.05, 4.69) is 20.6 Å². The smallest absolute Gasteiger partial charge is 0.154 e. The highest BCUT2D eigenvalue weighted by Crippen LogP contribution is 2.24. The summed E-state index contributed by atoms with van der Waals surface area (Å²) in [6.45, 7) is 3.92. The van der Waals surface area contributed by atoms with Crippen molar-refractivity contribution in [2.45, 2.75) is 20.0 Å². The van der Waals surface area contributed by atoms with E-state index in [-0.39, 0.29) is 6.17 Å². The van der Waals surface area contributed by atoms with Crippen molar-refractivity contribution in [3.8, 4) is 0 Å². The Balaban J connectivity index is 2.43. The highest BCUT2D eigenvalue weighted by molar-refractivity contribution is 5.68. The third kappa shape index (κ3) is 1.00. The highest BCUT2D eigenvalue weighted by atomic mass is 15.2. The fourth-order valence-corrected chi connectivity index (χ4v) is 1.16. The van der Waals surface area contributed by atoms with Crippen LogP contribution < -0.4 is 10.6 Å². The summed E-state index contributed by atoms with van der Waals surface area (Å²) in [4.78, 5) is 8.29. The molecule has 1 atom stereocenters. The second kappa shape index (κ2) is 2.08. The first-order chi connectivity index (χ1) is 5.25. The third-order valence-corrected chi connectivity index (χ3v) is 1.63. The summed E-state index contributed by atoms with van der Waals surface area (Å²) in [6.07, 6.45) is 2.06. The number of aryl methyl sites for hydroxylation is 1. The van der Waals surface area contributed by atoms with Crippen LogP contribution in [0.25, 0.3) is 0 Å². The van der Waals surface area contributed by atoms with E-state index in [1.54, 1.807) is 6.20 Å². The molecule has 1 aromatic heterocycles. The van der Waals surface area contributed by atoms with Crippen molar-refractivity contribution in [1.29, 1.82) is 0 Å². The summed E-state index contributed by atoms with van der Waals surface area (Å²) in [5, 5.41) is 6.36. The molecule has 4 heteroatoms. The number of anilines is 2. The van der Waals surface area contributed by atoms with E-state index in [9.17, 15) is 0 Å². The number of rotatable bonds is 0. The molecule has 4 nitrogen and oxygen atoms in total. The first-order valence-corrected chi connectivity index (χ1v) is 3.62. The van der Waals surface area contributed by atoms with Gasteiger partial charge < -0.3 is 10.6 Å². The highest BCUT2D eigenvalue weighted by Gasteiger charge is 2.16. The molecule has 1 unspecified atom stereocenters. The van der Waals surface area contributed by atoms with Gasteiger partial charge in [-0.25, -0.2) is 9.97 Å². The van der Waals surface area contributed by atoms with Crippen LogP contribution in [-0.2, 0) is 0 Å². The molecule has 0 bridgehead atoms. The van der Waals surface area contributed by atoms with E-state index in [1.807, 2.05) is 13.8 Å². The van der Waals surface area contributed by atoms with Gasteiger partial charge >= 0.3 is 0 Å². The second-order valence-electron chi connectivity index (χ2n) is 2.69. The molecule has 0 aromatic carbocycles. The molecule has 2 rings (SSSR count). The molecule has 1 aliphatic rings. The fourth-order valence-electron chi connectivity index (χ4n) is 1.16. The van der Waals surface area contributed by atoms with Gasteiger partial charge in [-0.15, -0.1) is 0 Å². The lowest BCUT2D eigenvalue weighted by Crippen LogP contribution is -2.16. The van der Waals surface area contributed by atoms with Crippen LogP contribution in [0.2, 0.25) is 0 Å². The summed E-state index contributed by atoms with van der Waals surface area (Å²) >= 11 is 0. The van der Waals surface area contributed by atoms with Crippen molar-refractivity contribution in [2.75, 3.05) is 10.6 Å². The van der Waals surface area contributed by atoms with E-state index in [0.717, 1.165) is 17.3 Å². The lowest BCUT2D eigenvalue weighted by Gasteiger charge is -2.00. The van der Waals surface area contributed by atoms with Crippen LogP contribution in [0.1, 0.15) is 12.7 Å². The van der Waals surface area contributed by atoms with Crippen LogP contribution in [0.15, 0.2) is 6.20 Å². The molecule has 0 amide bonds. The zero-order chi connectivity index (χ0) is 7.84. The van der Waals surface area contributed by atoms with Crippen LogP contribution in [0, 0.1) is 6.92 Å². The molecule has 0 saturated carbocycles. The minimum atomic E-state index is 0.265. The van der Waals surface area contributed by atoms with Gasteiger partial charge in [0.15, 0.2) is 5.82 Å². The Morgan fingerprint density at radius 3 is 3.09 bits per heavy atom. The maximum absolute atomic E-state index is 4.22. The number of hydrogen-bond donors (Lipinski definition) is 2. The van der Waals surface area contributed by atoms with E-state index in [0.29, 0.717) is 0 Å². The van der Waals surface area contributed by atoms with Gasteiger partial charge in [0.05, 0.1) is 18.1 Å². The summed E-state index contributed by atoms with van der Waals surface area (Å²) in [7, 11) is 0. The first-order valence-electron chi connectivity index (χ1n) is 3.62. The van der Waals surface area contributed by atoms with Crippen molar-refractivity contribution in [3.05, 3.63) is 12.0 Å². The average molecular weight is 150 g/mol. The van der Waals surface area contributed by atoms with Crippen LogP contribution in [0.3, 0.4) is 0 Å². The van der Waals surface area contributed by atoms with E-state index in [4.69, 9.17) is 0 Å². The SMILES string of the molecule is Cc1ncc2c(n1)NC(C)N2. The van der Waals surface area contributed by atoms with Crippen LogP contribution in [0.5, 0.6) is 0 Å². The van der Waals surface area contributed by atoms with Crippen LogP contribution >= 0.6 is 0 Å². The maximum Gasteiger partial charge on any atom is 0.154 e. The van der Waals surface area contributed by atoms with Crippen LogP contribution in [-0.4, -0.2) is 16.1 Å². The van der Waals surface area contributed by atoms with Gasteiger partial charge in [-0.2, -0.15) is 0 Å². The summed E-state index contributed by atoms with van der Waals surface area (Å²) in [6, 6.07) is 0. The predicted octanol–water partition coefficient (Wildman–Crippen LogP) is 0.968. The Hall–Kier alpha value is -1.32. The molecule has 11 heavy (non-hydrogen) atoms. The second-order valence-corrected chi connectivity index (χ2v) is 2.69. The van der Waals surface area contributed by atoms with Crippen molar-refractivity contribution in [2.24, 2.45) is 0 Å². The van der Waals surface area contributed by atoms with Crippen molar-refractivity contribution < 1.29 is 0 Å². The molecule has 0 fully saturated rings. The molecule has 0 radical (unpaired) electrons. The molecule has 58 valence electrons. The third-order valence-electron chi connectivity index (χ3n) is 1.63. The predicted molar refractivity (Wildman–Crippen MR) is 43.5 cm³/mol. The minimum absolute atomic E-state index is 0.265. The topological polar surface area (TPSA) is 49.8 Å². The zero-order valence-electron chi connectivity index (χ0n) is 6.55. The number of hydrogen-bond acceptors (Lipinski definition) is 4. The standard InChI is InChI=1S/C7H10N4/c1-4-8-3-6-7(10-4)11-5(2)9-6/h3,5,9H,1-2H3,(H,8,10,11). The zero-order valence-corrected chi connectivity index (χ0v) is 6.55. The molecule has 2 N–H and O–H groups in total. The van der Waals surface area contributed by atoms with Gasteiger partial charge in [0.1, 0.15) is 5.82 Å². The van der Waals surface area contributed by atoms with Crippen LogP contribution in [0.4, 0.5) is 11.5 Å². The van der Waals surface area contributed by atoms with E-state index >= 15 is 0 Å². The Bertz CT molecular complexity index is 284. The average Bonchev–Trinajstić information content (AvgIpc) is 2.27. The lowest BCUT2D eigenvalue weighted by molar-refractivity contribution is 0.949. The van der Waals surface area contributed by atoms with Crippen molar-refractivity contribution >= 4 is 11.5 Å². The lowest BCUT2D eigenvalue weighted by atomic mass is 10.5. The van der Waals surface area contributed by atoms with E-state index < -0.39 is 0 Å². The normalized spacial score (nSPS) is 20.4. The van der Waals surface area contributed by atoms with Crippen molar-refractivity contribution in [1.82, 2.24) is 9.97 Å². The number of nitrogens with zero attached hydrogens (tertiary/aromatic N) is 2. The summed E-state index contributed by atoms with van der Waals surface area (Å²) in [5.74, 6) is 1.71. The van der Waals surface area contributed by atoms with Gasteiger partial charge in [0, 0.05) is 0 Å². The number of nitrogens with one attached hydrogen (secondary N) is 2. The first kappa shape index (κ1) is 6.39. The van der Waals surface area contributed by atoms with Gasteiger partial charge in [0.25, 0.3) is 0 Å². The van der Waals surface area contributed by atoms with Gasteiger partial charge in [-0.3, -0.25) is 0 Å². The van der Waals surface area contributed by atoms with Gasteiger partial charge in [0.2, 0.25) is 0 Å². The quantitative estimate of drug-likeness (QED) is 0.578. The Kier molecular flexibility index (Phi) is 1.21. The van der Waals surface area contributed by atoms with Gasteiger partial charge in [-0.1, -0.05) is 0 Å².